The highest BCUT2D eigenvalue weighted by Crippen LogP contribution is 2.26. The second kappa shape index (κ2) is 29.2. The summed E-state index contributed by atoms with van der Waals surface area (Å²) in [4.78, 5) is 145. The van der Waals surface area contributed by atoms with Crippen molar-refractivity contribution >= 4 is 65.0 Å². The molecule has 0 aromatic heterocycles. The summed E-state index contributed by atoms with van der Waals surface area (Å²) in [7, 11) is 0. The van der Waals surface area contributed by atoms with Gasteiger partial charge in [0.15, 0.2) is 0 Å². The third kappa shape index (κ3) is 21.9. The lowest BCUT2D eigenvalue weighted by Gasteiger charge is -2.34. The van der Waals surface area contributed by atoms with Crippen molar-refractivity contribution in [3.05, 3.63) is 107 Å². The molecule has 24 heteroatoms. The standard InChI is InChI=1S/C53H66F3N7O14/c1-29(2)25-35(47(73)61-38(28-53(54,55)56)44(71)50(76)62-43(31-16-9-7-10-17-31)32-18-11-8-12-19-32)60-51(77)45(52(4,5)6)63-49(75)36(26-33-20-14-13-15-30(33)3)59-46(72)34(21-23-40(65)66)58-48(74)37(27-42(69)70)57-39(64)22-24-41(67)68/h7-20,29,34-38,43,45H,21-28H2,1-6H3,(H,57,64)(H,58,74)(H,59,72)(H,60,77)(H,61,73)(H,62,76)(H,63,75)(H,65,66)(H,67,68)(H,69,70)/t34-,35-,36-,37-,38?,45+/m0/s1. The van der Waals surface area contributed by atoms with E-state index in [1.54, 1.807) is 106 Å². The fraction of sp³-hybridized carbons (Fsp3) is 0.453. The number of amides is 7. The molecule has 0 aliphatic heterocycles. The van der Waals surface area contributed by atoms with Gasteiger partial charge in [0, 0.05) is 19.3 Å². The average molecular weight is 1080 g/mol. The Hall–Kier alpha value is -8.18. The lowest BCUT2D eigenvalue weighted by molar-refractivity contribution is -0.154. The summed E-state index contributed by atoms with van der Waals surface area (Å²) in [5.41, 5.74) is 0.873. The van der Waals surface area contributed by atoms with Gasteiger partial charge < -0.3 is 52.5 Å². The van der Waals surface area contributed by atoms with Crippen LogP contribution in [0.4, 0.5) is 13.2 Å². The van der Waals surface area contributed by atoms with Crippen molar-refractivity contribution in [1.82, 2.24) is 37.2 Å². The highest BCUT2D eigenvalue weighted by atomic mass is 19.4. The molecule has 0 saturated carbocycles. The zero-order valence-corrected chi connectivity index (χ0v) is 43.3. The van der Waals surface area contributed by atoms with E-state index in [-0.39, 0.29) is 12.8 Å². The minimum atomic E-state index is -5.08. The van der Waals surface area contributed by atoms with Gasteiger partial charge in [-0.15, -0.1) is 0 Å². The molecule has 0 aliphatic carbocycles. The molecule has 7 amide bonds. The number of aryl methyl sites for hydroxylation is 1. The molecule has 0 saturated heterocycles. The van der Waals surface area contributed by atoms with Crippen LogP contribution in [0, 0.1) is 18.3 Å². The number of halogens is 3. The number of ketones is 1. The van der Waals surface area contributed by atoms with Crippen molar-refractivity contribution in [3.8, 4) is 0 Å². The van der Waals surface area contributed by atoms with E-state index in [1.807, 2.05) is 5.32 Å². The molecule has 418 valence electrons. The molecule has 10 N–H and O–H groups in total. The molecule has 6 atom stereocenters. The molecule has 77 heavy (non-hydrogen) atoms. The van der Waals surface area contributed by atoms with Gasteiger partial charge in [-0.3, -0.25) is 52.7 Å². The van der Waals surface area contributed by atoms with E-state index >= 15 is 0 Å². The molecule has 0 heterocycles. The summed E-state index contributed by atoms with van der Waals surface area (Å²) in [6.45, 7) is 9.50. The second-order valence-corrected chi connectivity index (χ2v) is 19.8. The van der Waals surface area contributed by atoms with Crippen LogP contribution in [-0.2, 0) is 59.2 Å². The van der Waals surface area contributed by atoms with Gasteiger partial charge in [0.25, 0.3) is 5.91 Å². The Morgan fingerprint density at radius 1 is 0.519 bits per heavy atom. The topological polar surface area (TPSA) is 333 Å². The Bertz CT molecular complexity index is 2550. The van der Waals surface area contributed by atoms with E-state index in [9.17, 15) is 76.1 Å². The van der Waals surface area contributed by atoms with Crippen molar-refractivity contribution in [1.29, 1.82) is 0 Å². The third-order valence-electron chi connectivity index (χ3n) is 11.8. The highest BCUT2D eigenvalue weighted by molar-refractivity contribution is 6.38. The molecule has 0 spiro atoms. The van der Waals surface area contributed by atoms with E-state index in [0.29, 0.717) is 22.3 Å². The minimum absolute atomic E-state index is 0.222. The molecule has 0 radical (unpaired) electrons. The van der Waals surface area contributed by atoms with Crippen LogP contribution >= 0.6 is 0 Å². The fourth-order valence-corrected chi connectivity index (χ4v) is 7.82. The van der Waals surface area contributed by atoms with Crippen LogP contribution in [0.1, 0.15) is 108 Å². The Morgan fingerprint density at radius 2 is 1.00 bits per heavy atom. The van der Waals surface area contributed by atoms with Gasteiger partial charge in [-0.05, 0) is 53.4 Å². The van der Waals surface area contributed by atoms with Crippen LogP contribution in [0.25, 0.3) is 0 Å². The summed E-state index contributed by atoms with van der Waals surface area (Å²) in [5, 5.41) is 44.2. The van der Waals surface area contributed by atoms with Crippen molar-refractivity contribution in [3.63, 3.8) is 0 Å². The third-order valence-corrected chi connectivity index (χ3v) is 11.8. The minimum Gasteiger partial charge on any atom is -0.481 e. The number of carboxylic acids is 3. The first-order chi connectivity index (χ1) is 35.9. The molecule has 3 rings (SSSR count). The molecule has 0 bridgehead atoms. The zero-order valence-electron chi connectivity index (χ0n) is 43.3. The van der Waals surface area contributed by atoms with E-state index in [0.717, 1.165) is 0 Å². The Labute approximate surface area is 442 Å². The molecule has 0 fully saturated rings. The SMILES string of the molecule is Cc1ccccc1C[C@H](NC(=O)[C@H](CCC(=O)O)NC(=O)[C@H](CC(=O)O)NC(=O)CCC(=O)O)C(=O)N[C@H](C(=O)N[C@@H](CC(C)C)C(=O)NC(CC(F)(F)F)C(=O)C(=O)NC(c1ccccc1)c1ccccc1)C(C)(C)C. The van der Waals surface area contributed by atoms with Gasteiger partial charge in [0.2, 0.25) is 41.2 Å². The normalized spacial score (nSPS) is 13.8. The van der Waals surface area contributed by atoms with Crippen molar-refractivity contribution in [2.24, 2.45) is 11.3 Å². The largest absolute Gasteiger partial charge is 0.481 e. The summed E-state index contributed by atoms with van der Waals surface area (Å²) in [6.07, 6.45) is -11.3. The van der Waals surface area contributed by atoms with Crippen LogP contribution in [-0.4, -0.2) is 123 Å². The van der Waals surface area contributed by atoms with Crippen molar-refractivity contribution in [2.45, 2.75) is 141 Å². The first kappa shape index (κ1) is 63.1. The van der Waals surface area contributed by atoms with Crippen molar-refractivity contribution in [2.75, 3.05) is 0 Å². The molecule has 0 aliphatic rings. The number of rotatable bonds is 29. The van der Waals surface area contributed by atoms with Gasteiger partial charge in [-0.1, -0.05) is 120 Å². The van der Waals surface area contributed by atoms with Crippen molar-refractivity contribution < 1.29 is 81.2 Å². The van der Waals surface area contributed by atoms with Gasteiger partial charge in [0.05, 0.1) is 25.3 Å². The first-order valence-electron chi connectivity index (χ1n) is 24.5. The quantitative estimate of drug-likeness (QED) is 0.0447. The average Bonchev–Trinajstić information content (AvgIpc) is 3.34. The summed E-state index contributed by atoms with van der Waals surface area (Å²) in [5.74, 6) is -14.7. The molecule has 1 unspecified atom stereocenters. The highest BCUT2D eigenvalue weighted by Gasteiger charge is 2.42. The molecule has 3 aromatic rings. The van der Waals surface area contributed by atoms with Gasteiger partial charge in [-0.2, -0.15) is 13.2 Å². The smallest absolute Gasteiger partial charge is 0.391 e. The number of carboxylic acid groups (broad SMARTS) is 3. The number of carbonyl (C=O) groups excluding carboxylic acids is 8. The zero-order chi connectivity index (χ0) is 57.8. The monoisotopic (exact) mass is 1080 g/mol. The predicted molar refractivity (Wildman–Crippen MR) is 270 cm³/mol. The maximum atomic E-state index is 14.5. The molecule has 3 aromatic carbocycles. The van der Waals surface area contributed by atoms with Gasteiger partial charge in [0.1, 0.15) is 36.3 Å². The number of nitrogens with one attached hydrogen (secondary N) is 7. The Morgan fingerprint density at radius 3 is 1.51 bits per heavy atom. The summed E-state index contributed by atoms with van der Waals surface area (Å²) in [6, 6.07) is 11.2. The van der Waals surface area contributed by atoms with E-state index < -0.39 is 163 Å². The van der Waals surface area contributed by atoms with E-state index in [2.05, 4.69) is 31.9 Å². The number of Topliss-reactive ketones (excluding diaryl/α,β-unsaturated/α-hetero) is 1. The fourth-order valence-electron chi connectivity index (χ4n) is 7.82. The van der Waals surface area contributed by atoms with Crippen LogP contribution in [0.3, 0.4) is 0 Å². The Kier molecular flexibility index (Phi) is 23.9. The van der Waals surface area contributed by atoms with Crippen LogP contribution < -0.4 is 37.2 Å². The van der Waals surface area contributed by atoms with Crippen LogP contribution in [0.15, 0.2) is 84.9 Å². The van der Waals surface area contributed by atoms with Gasteiger partial charge >= 0.3 is 24.1 Å². The maximum absolute atomic E-state index is 14.5. The van der Waals surface area contributed by atoms with Crippen LogP contribution in [0.5, 0.6) is 0 Å². The molecular weight excluding hydrogens is 1020 g/mol. The predicted octanol–water partition coefficient (Wildman–Crippen LogP) is 3.17. The van der Waals surface area contributed by atoms with E-state index in [4.69, 9.17) is 5.11 Å². The summed E-state index contributed by atoms with van der Waals surface area (Å²) < 4.78 is 42.4. The number of benzene rings is 3. The number of hydrogen-bond donors (Lipinski definition) is 10. The number of hydrogen-bond acceptors (Lipinski definition) is 11. The lowest BCUT2D eigenvalue weighted by atomic mass is 9.85. The lowest BCUT2D eigenvalue weighted by Crippen LogP contribution is -2.62. The molecule has 21 nitrogen and oxygen atoms in total. The maximum Gasteiger partial charge on any atom is 0.391 e. The van der Waals surface area contributed by atoms with E-state index in [1.165, 1.54) is 20.8 Å². The number of aliphatic carboxylic acids is 3. The van der Waals surface area contributed by atoms with Crippen LogP contribution in [0.2, 0.25) is 0 Å². The second-order valence-electron chi connectivity index (χ2n) is 19.8. The summed E-state index contributed by atoms with van der Waals surface area (Å²) >= 11 is 0. The number of alkyl halides is 3. The Balaban J connectivity index is 1.96. The molecular formula is C53H66F3N7O14. The number of carbonyl (C=O) groups is 11. The first-order valence-corrected chi connectivity index (χ1v) is 24.5. The van der Waals surface area contributed by atoms with Gasteiger partial charge in [-0.25, -0.2) is 0 Å².